The molecule has 0 amide bonds. The molecule has 0 N–H and O–H groups in total. The van der Waals surface area contributed by atoms with Crippen LogP contribution in [0.2, 0.25) is 0 Å². The summed E-state index contributed by atoms with van der Waals surface area (Å²) in [6, 6.07) is 13.1. The highest BCUT2D eigenvalue weighted by molar-refractivity contribution is 6.28. The van der Waals surface area contributed by atoms with Crippen molar-refractivity contribution < 1.29 is 4.79 Å². The van der Waals surface area contributed by atoms with E-state index in [1.54, 1.807) is 24.5 Å². The summed E-state index contributed by atoms with van der Waals surface area (Å²) in [7, 11) is 3.81. The van der Waals surface area contributed by atoms with Crippen molar-refractivity contribution in [3.63, 3.8) is 0 Å². The zero-order valence-corrected chi connectivity index (χ0v) is 11.1. The van der Waals surface area contributed by atoms with E-state index in [0.717, 1.165) is 5.56 Å². The summed E-state index contributed by atoms with van der Waals surface area (Å²) < 4.78 is 0. The van der Waals surface area contributed by atoms with Gasteiger partial charge in [0, 0.05) is 43.8 Å². The van der Waals surface area contributed by atoms with E-state index < -0.39 is 0 Å². The lowest BCUT2D eigenvalue weighted by atomic mass is 9.98. The maximum atomic E-state index is 12.6. The third-order valence-corrected chi connectivity index (χ3v) is 2.66. The average molecular weight is 252 g/mol. The first-order chi connectivity index (χ1) is 9.18. The normalized spacial score (nSPS) is 11.2. The number of carbonyl (C=O) groups excluding carboxylic acids is 1. The van der Waals surface area contributed by atoms with Crippen LogP contribution in [0.1, 0.15) is 15.9 Å². The fraction of sp³-hybridized carbons (Fsp3) is 0.125. The Kier molecular flexibility index (Phi) is 4.08. The van der Waals surface area contributed by atoms with E-state index in [0.29, 0.717) is 11.1 Å². The van der Waals surface area contributed by atoms with Crippen molar-refractivity contribution in [2.24, 2.45) is 0 Å². The summed E-state index contributed by atoms with van der Waals surface area (Å²) >= 11 is 0. The molecule has 96 valence electrons. The lowest BCUT2D eigenvalue weighted by molar-refractivity contribution is 0.105. The number of nitrogens with zero attached hydrogens (tertiary/aromatic N) is 2. The quantitative estimate of drug-likeness (QED) is 0.619. The van der Waals surface area contributed by atoms with Crippen LogP contribution in [0.3, 0.4) is 0 Å². The van der Waals surface area contributed by atoms with Gasteiger partial charge in [0.2, 0.25) is 0 Å². The minimum Gasteiger partial charge on any atom is -0.383 e. The molecule has 0 aliphatic heterocycles. The number of hydrogen-bond acceptors (Lipinski definition) is 3. The first kappa shape index (κ1) is 13.0. The van der Waals surface area contributed by atoms with Crippen LogP contribution in [0.15, 0.2) is 61.1 Å². The standard InChI is InChI=1S/C16H16N2O/c1-18(2)12-15(13-6-4-3-5-7-13)16(19)14-8-10-17-11-9-14/h3-12H,1-2H3/b15-12+. The van der Waals surface area contributed by atoms with Gasteiger partial charge in [-0.3, -0.25) is 9.78 Å². The fourth-order valence-corrected chi connectivity index (χ4v) is 1.80. The summed E-state index contributed by atoms with van der Waals surface area (Å²) in [6.07, 6.45) is 5.11. The Hall–Kier alpha value is -2.42. The molecule has 1 aromatic carbocycles. The molecule has 19 heavy (non-hydrogen) atoms. The second-order valence-corrected chi connectivity index (χ2v) is 4.44. The zero-order chi connectivity index (χ0) is 13.7. The van der Waals surface area contributed by atoms with Gasteiger partial charge in [0.15, 0.2) is 5.78 Å². The lowest BCUT2D eigenvalue weighted by Crippen LogP contribution is -2.09. The topological polar surface area (TPSA) is 33.2 Å². The monoisotopic (exact) mass is 252 g/mol. The van der Waals surface area contributed by atoms with Gasteiger partial charge in [0.25, 0.3) is 0 Å². The number of allylic oxidation sites excluding steroid dienone is 1. The zero-order valence-electron chi connectivity index (χ0n) is 11.1. The summed E-state index contributed by atoms with van der Waals surface area (Å²) in [6.45, 7) is 0. The van der Waals surface area contributed by atoms with Gasteiger partial charge in [-0.15, -0.1) is 0 Å². The molecule has 2 rings (SSSR count). The Labute approximate surface area is 113 Å². The largest absolute Gasteiger partial charge is 0.383 e. The number of aromatic nitrogens is 1. The van der Waals surface area contributed by atoms with Crippen molar-refractivity contribution in [3.8, 4) is 0 Å². The molecule has 0 radical (unpaired) electrons. The maximum Gasteiger partial charge on any atom is 0.195 e. The highest BCUT2D eigenvalue weighted by Crippen LogP contribution is 2.19. The van der Waals surface area contributed by atoms with Crippen molar-refractivity contribution in [1.82, 2.24) is 9.88 Å². The van der Waals surface area contributed by atoms with E-state index in [-0.39, 0.29) is 5.78 Å². The highest BCUT2D eigenvalue weighted by Gasteiger charge is 2.14. The van der Waals surface area contributed by atoms with Gasteiger partial charge < -0.3 is 4.90 Å². The van der Waals surface area contributed by atoms with Crippen molar-refractivity contribution >= 4 is 11.4 Å². The van der Waals surface area contributed by atoms with E-state index in [9.17, 15) is 4.79 Å². The summed E-state index contributed by atoms with van der Waals surface area (Å²) in [5.74, 6) is 0.00213. The number of pyridine rings is 1. The Morgan fingerprint density at radius 1 is 1.00 bits per heavy atom. The SMILES string of the molecule is CN(C)/C=C(/C(=O)c1ccncc1)c1ccccc1. The molecule has 0 fully saturated rings. The molecule has 0 bridgehead atoms. The molecule has 2 aromatic rings. The molecule has 0 atom stereocenters. The Morgan fingerprint density at radius 2 is 1.63 bits per heavy atom. The fourth-order valence-electron chi connectivity index (χ4n) is 1.80. The van der Waals surface area contributed by atoms with Crippen LogP contribution in [-0.2, 0) is 0 Å². The number of hydrogen-bond donors (Lipinski definition) is 0. The van der Waals surface area contributed by atoms with Gasteiger partial charge in [0.1, 0.15) is 0 Å². The Morgan fingerprint density at radius 3 is 2.21 bits per heavy atom. The number of carbonyl (C=O) groups is 1. The minimum absolute atomic E-state index is 0.00213. The third kappa shape index (κ3) is 3.28. The van der Waals surface area contributed by atoms with Gasteiger partial charge in [-0.1, -0.05) is 30.3 Å². The van der Waals surface area contributed by atoms with Gasteiger partial charge in [-0.2, -0.15) is 0 Å². The van der Waals surface area contributed by atoms with Crippen molar-refractivity contribution in [1.29, 1.82) is 0 Å². The third-order valence-electron chi connectivity index (χ3n) is 2.66. The van der Waals surface area contributed by atoms with Crippen LogP contribution in [0.25, 0.3) is 5.57 Å². The van der Waals surface area contributed by atoms with Gasteiger partial charge >= 0.3 is 0 Å². The molecule has 3 nitrogen and oxygen atoms in total. The molecular weight excluding hydrogens is 236 g/mol. The lowest BCUT2D eigenvalue weighted by Gasteiger charge is -2.11. The molecule has 1 aromatic heterocycles. The summed E-state index contributed by atoms with van der Waals surface area (Å²) in [5.41, 5.74) is 2.24. The summed E-state index contributed by atoms with van der Waals surface area (Å²) in [4.78, 5) is 18.4. The maximum absolute atomic E-state index is 12.6. The average Bonchev–Trinajstić information content (AvgIpc) is 2.46. The molecular formula is C16H16N2O. The van der Waals surface area contributed by atoms with Crippen LogP contribution >= 0.6 is 0 Å². The van der Waals surface area contributed by atoms with Crippen molar-refractivity contribution in [2.75, 3.05) is 14.1 Å². The second kappa shape index (κ2) is 5.96. The molecule has 3 heteroatoms. The smallest absolute Gasteiger partial charge is 0.195 e. The molecule has 0 saturated carbocycles. The van der Waals surface area contributed by atoms with Gasteiger partial charge in [-0.25, -0.2) is 0 Å². The summed E-state index contributed by atoms with van der Waals surface area (Å²) in [5, 5.41) is 0. The number of ketones is 1. The molecule has 0 unspecified atom stereocenters. The van der Waals surface area contributed by atoms with Crippen LogP contribution < -0.4 is 0 Å². The van der Waals surface area contributed by atoms with Gasteiger partial charge in [0.05, 0.1) is 0 Å². The van der Waals surface area contributed by atoms with E-state index in [4.69, 9.17) is 0 Å². The van der Waals surface area contributed by atoms with Crippen molar-refractivity contribution in [2.45, 2.75) is 0 Å². The van der Waals surface area contributed by atoms with E-state index in [1.807, 2.05) is 55.5 Å². The Balaban J connectivity index is 2.43. The molecule has 0 saturated heterocycles. The van der Waals surface area contributed by atoms with Crippen LogP contribution in [-0.4, -0.2) is 29.8 Å². The number of Topliss-reactive ketones (excluding diaryl/α,β-unsaturated/α-hetero) is 1. The molecule has 0 aliphatic rings. The van der Waals surface area contributed by atoms with Crippen LogP contribution in [0, 0.1) is 0 Å². The van der Waals surface area contributed by atoms with E-state index in [1.165, 1.54) is 0 Å². The number of rotatable bonds is 4. The van der Waals surface area contributed by atoms with E-state index in [2.05, 4.69) is 4.98 Å². The van der Waals surface area contributed by atoms with Crippen LogP contribution in [0.4, 0.5) is 0 Å². The highest BCUT2D eigenvalue weighted by atomic mass is 16.1. The second-order valence-electron chi connectivity index (χ2n) is 4.44. The molecule has 1 heterocycles. The minimum atomic E-state index is 0.00213. The Bertz CT molecular complexity index is 574. The predicted molar refractivity (Wildman–Crippen MR) is 76.7 cm³/mol. The van der Waals surface area contributed by atoms with Gasteiger partial charge in [-0.05, 0) is 17.7 Å². The number of benzene rings is 1. The first-order valence-corrected chi connectivity index (χ1v) is 6.07. The molecule has 0 spiro atoms. The predicted octanol–water partition coefficient (Wildman–Crippen LogP) is 2.87. The first-order valence-electron chi connectivity index (χ1n) is 6.07. The van der Waals surface area contributed by atoms with E-state index >= 15 is 0 Å². The van der Waals surface area contributed by atoms with Crippen LogP contribution in [0.5, 0.6) is 0 Å². The van der Waals surface area contributed by atoms with Crippen molar-refractivity contribution in [3.05, 3.63) is 72.2 Å². The molecule has 0 aliphatic carbocycles.